The molecular weight excluding hydrogens is 368 g/mol. The molecule has 0 bridgehead atoms. The highest BCUT2D eigenvalue weighted by atomic mass is 79.9. The van der Waals surface area contributed by atoms with Gasteiger partial charge in [0.2, 0.25) is 0 Å². The maximum absolute atomic E-state index is 6.37. The van der Waals surface area contributed by atoms with E-state index in [1.54, 1.807) is 11.3 Å². The number of hydrogen-bond acceptors (Lipinski definition) is 3. The number of benzene rings is 1. The van der Waals surface area contributed by atoms with E-state index in [1.807, 2.05) is 18.2 Å². The quantitative estimate of drug-likeness (QED) is 0.740. The van der Waals surface area contributed by atoms with Crippen LogP contribution in [0, 0.1) is 0 Å². The van der Waals surface area contributed by atoms with Crippen LogP contribution in [0.1, 0.15) is 42.8 Å². The summed E-state index contributed by atoms with van der Waals surface area (Å²) in [4.78, 5) is 6.25. The maximum Gasteiger partial charge on any atom is 0.125 e. The van der Waals surface area contributed by atoms with Gasteiger partial charge in [0, 0.05) is 21.0 Å². The molecular formula is C16H18BrClN2S. The molecule has 0 spiro atoms. The Morgan fingerprint density at radius 2 is 2.33 bits per heavy atom. The minimum Gasteiger partial charge on any atom is -0.309 e. The number of nitrogens with one attached hydrogen (secondary N) is 1. The van der Waals surface area contributed by atoms with E-state index in [-0.39, 0.29) is 0 Å². The van der Waals surface area contributed by atoms with Gasteiger partial charge in [-0.05, 0) is 50.4 Å². The van der Waals surface area contributed by atoms with Gasteiger partial charge in [-0.2, -0.15) is 0 Å². The van der Waals surface area contributed by atoms with E-state index in [0.717, 1.165) is 39.5 Å². The van der Waals surface area contributed by atoms with E-state index >= 15 is 0 Å². The Bertz CT molecular complexity index is 641. The van der Waals surface area contributed by atoms with Crippen molar-refractivity contribution >= 4 is 38.9 Å². The molecule has 112 valence electrons. The van der Waals surface area contributed by atoms with Crippen molar-refractivity contribution in [2.45, 2.75) is 38.6 Å². The molecule has 0 aliphatic heterocycles. The first kappa shape index (κ1) is 15.5. The van der Waals surface area contributed by atoms with E-state index in [9.17, 15) is 0 Å². The molecule has 2 nitrogen and oxygen atoms in total. The fourth-order valence-corrected chi connectivity index (χ4v) is 4.79. The van der Waals surface area contributed by atoms with Crippen LogP contribution in [0.15, 0.2) is 22.7 Å². The molecule has 3 rings (SSSR count). The van der Waals surface area contributed by atoms with Crippen molar-refractivity contribution in [1.29, 1.82) is 0 Å². The van der Waals surface area contributed by atoms with Crippen LogP contribution in [-0.2, 0) is 6.42 Å². The minimum absolute atomic E-state index is 0.467. The van der Waals surface area contributed by atoms with Crippen LogP contribution >= 0.6 is 38.9 Å². The second kappa shape index (κ2) is 6.78. The zero-order chi connectivity index (χ0) is 14.8. The standard InChI is InChI=1S/C16H18BrClN2S/c1-2-8-19-13-4-3-5-14-15(13)21-16(20-14)11-7-6-10(17)9-12(11)18/h6-7,9,13,19H,2-5,8H2,1H3. The van der Waals surface area contributed by atoms with Gasteiger partial charge >= 0.3 is 0 Å². The summed E-state index contributed by atoms with van der Waals surface area (Å²) < 4.78 is 1.00. The lowest BCUT2D eigenvalue weighted by Gasteiger charge is -2.22. The summed E-state index contributed by atoms with van der Waals surface area (Å²) in [5, 5.41) is 5.45. The molecule has 0 radical (unpaired) electrons. The number of nitrogens with zero attached hydrogens (tertiary/aromatic N) is 1. The molecule has 1 heterocycles. The SMILES string of the molecule is CCCNC1CCCc2nc(-c3ccc(Br)cc3Cl)sc21. The maximum atomic E-state index is 6.37. The Hall–Kier alpha value is -0.420. The van der Waals surface area contributed by atoms with Crippen LogP contribution in [0.4, 0.5) is 0 Å². The van der Waals surface area contributed by atoms with Crippen LogP contribution in [-0.4, -0.2) is 11.5 Å². The van der Waals surface area contributed by atoms with Gasteiger partial charge in [0.1, 0.15) is 5.01 Å². The van der Waals surface area contributed by atoms with E-state index < -0.39 is 0 Å². The second-order valence-electron chi connectivity index (χ2n) is 5.35. The molecule has 0 saturated carbocycles. The summed E-state index contributed by atoms with van der Waals surface area (Å²) in [6.45, 7) is 3.27. The zero-order valence-corrected chi connectivity index (χ0v) is 15.1. The number of aromatic nitrogens is 1. The van der Waals surface area contributed by atoms with Crippen LogP contribution in [0.3, 0.4) is 0 Å². The molecule has 0 amide bonds. The zero-order valence-electron chi connectivity index (χ0n) is 12.0. The third-order valence-electron chi connectivity index (χ3n) is 3.75. The molecule has 1 aromatic heterocycles. The van der Waals surface area contributed by atoms with Crippen molar-refractivity contribution in [3.05, 3.63) is 38.3 Å². The van der Waals surface area contributed by atoms with E-state index in [4.69, 9.17) is 16.6 Å². The van der Waals surface area contributed by atoms with E-state index in [1.165, 1.54) is 23.4 Å². The average Bonchev–Trinajstić information content (AvgIpc) is 2.89. The van der Waals surface area contributed by atoms with Gasteiger partial charge < -0.3 is 5.32 Å². The normalized spacial score (nSPS) is 17.8. The summed E-state index contributed by atoms with van der Waals surface area (Å²) >= 11 is 11.6. The van der Waals surface area contributed by atoms with Gasteiger partial charge in [-0.3, -0.25) is 0 Å². The van der Waals surface area contributed by atoms with Crippen molar-refractivity contribution in [3.8, 4) is 10.6 Å². The molecule has 1 atom stereocenters. The fraction of sp³-hybridized carbons (Fsp3) is 0.438. The predicted molar refractivity (Wildman–Crippen MR) is 94.2 cm³/mol. The number of hydrogen-bond donors (Lipinski definition) is 1. The molecule has 1 unspecified atom stereocenters. The average molecular weight is 386 g/mol. The summed E-state index contributed by atoms with van der Waals surface area (Å²) in [5.74, 6) is 0. The van der Waals surface area contributed by atoms with Crippen LogP contribution < -0.4 is 5.32 Å². The number of thiazole rings is 1. The molecule has 5 heteroatoms. The fourth-order valence-electron chi connectivity index (χ4n) is 2.71. The van der Waals surface area contributed by atoms with Gasteiger partial charge in [-0.1, -0.05) is 34.5 Å². The van der Waals surface area contributed by atoms with Crippen LogP contribution in [0.2, 0.25) is 5.02 Å². The molecule has 1 aliphatic rings. The highest BCUT2D eigenvalue weighted by Crippen LogP contribution is 2.40. The van der Waals surface area contributed by atoms with Crippen molar-refractivity contribution in [2.24, 2.45) is 0 Å². The number of halogens is 2. The highest BCUT2D eigenvalue weighted by Gasteiger charge is 2.24. The molecule has 0 fully saturated rings. The van der Waals surface area contributed by atoms with Crippen molar-refractivity contribution in [3.63, 3.8) is 0 Å². The van der Waals surface area contributed by atoms with Gasteiger partial charge in [-0.15, -0.1) is 11.3 Å². The lowest BCUT2D eigenvalue weighted by molar-refractivity contribution is 0.465. The Balaban J connectivity index is 1.94. The largest absolute Gasteiger partial charge is 0.309 e. The van der Waals surface area contributed by atoms with Crippen molar-refractivity contribution < 1.29 is 0 Å². The monoisotopic (exact) mass is 384 g/mol. The van der Waals surface area contributed by atoms with Gasteiger partial charge in [0.25, 0.3) is 0 Å². The van der Waals surface area contributed by atoms with Crippen LogP contribution in [0.5, 0.6) is 0 Å². The number of fused-ring (bicyclic) bond motifs is 1. The Morgan fingerprint density at radius 3 is 3.10 bits per heavy atom. The molecule has 1 aromatic carbocycles. The number of rotatable bonds is 4. The van der Waals surface area contributed by atoms with Crippen molar-refractivity contribution in [1.82, 2.24) is 10.3 Å². The Labute approximate surface area is 143 Å². The third kappa shape index (κ3) is 3.34. The highest BCUT2D eigenvalue weighted by molar-refractivity contribution is 9.10. The third-order valence-corrected chi connectivity index (χ3v) is 5.80. The first-order valence-corrected chi connectivity index (χ1v) is 9.36. The lowest BCUT2D eigenvalue weighted by atomic mass is 9.98. The summed E-state index contributed by atoms with van der Waals surface area (Å²) in [5.41, 5.74) is 2.29. The predicted octanol–water partition coefficient (Wildman–Crippen LogP) is 5.60. The van der Waals surface area contributed by atoms with E-state index in [2.05, 4.69) is 28.2 Å². The Morgan fingerprint density at radius 1 is 1.48 bits per heavy atom. The molecule has 1 N–H and O–H groups in total. The van der Waals surface area contributed by atoms with Gasteiger partial charge in [-0.25, -0.2) is 4.98 Å². The second-order valence-corrected chi connectivity index (χ2v) is 7.71. The first-order chi connectivity index (χ1) is 10.2. The van der Waals surface area contributed by atoms with Crippen molar-refractivity contribution in [2.75, 3.05) is 6.54 Å². The summed E-state index contributed by atoms with van der Waals surface area (Å²) in [6, 6.07) is 6.47. The van der Waals surface area contributed by atoms with Gasteiger partial charge in [0.05, 0.1) is 10.7 Å². The summed E-state index contributed by atoms with van der Waals surface area (Å²) in [7, 11) is 0. The first-order valence-electron chi connectivity index (χ1n) is 7.37. The molecule has 0 saturated heterocycles. The molecule has 21 heavy (non-hydrogen) atoms. The number of aryl methyl sites for hydroxylation is 1. The van der Waals surface area contributed by atoms with Crippen LogP contribution in [0.25, 0.3) is 10.6 Å². The minimum atomic E-state index is 0.467. The molecule has 2 aromatic rings. The summed E-state index contributed by atoms with van der Waals surface area (Å²) in [6.07, 6.45) is 4.68. The van der Waals surface area contributed by atoms with E-state index in [0.29, 0.717) is 6.04 Å². The topological polar surface area (TPSA) is 24.9 Å². The van der Waals surface area contributed by atoms with Gasteiger partial charge in [0.15, 0.2) is 0 Å². The Kier molecular flexibility index (Phi) is 4.99. The lowest BCUT2D eigenvalue weighted by Crippen LogP contribution is -2.24. The molecule has 1 aliphatic carbocycles. The smallest absolute Gasteiger partial charge is 0.125 e.